The SMILES string of the molecule is CC.Cc1cc(Br)c2c(c1)c(=O)n(C)c1c(C)cnn21. The lowest BCUT2D eigenvalue weighted by Crippen LogP contribution is -2.20. The van der Waals surface area contributed by atoms with Gasteiger partial charge in [0.05, 0.1) is 17.1 Å². The molecule has 0 saturated carbocycles. The molecule has 5 heteroatoms. The zero-order valence-electron chi connectivity index (χ0n) is 12.4. The molecule has 0 fully saturated rings. The average Bonchev–Trinajstić information content (AvgIpc) is 2.79. The average molecular weight is 336 g/mol. The van der Waals surface area contributed by atoms with Crippen molar-refractivity contribution in [1.82, 2.24) is 14.2 Å². The molecule has 0 spiro atoms. The number of aromatic nitrogens is 3. The Bertz CT molecular complexity index is 846. The molecule has 106 valence electrons. The third kappa shape index (κ3) is 2.06. The van der Waals surface area contributed by atoms with Crippen LogP contribution >= 0.6 is 15.9 Å². The predicted molar refractivity (Wildman–Crippen MR) is 86.5 cm³/mol. The Kier molecular flexibility index (Phi) is 3.99. The lowest BCUT2D eigenvalue weighted by atomic mass is 10.1. The van der Waals surface area contributed by atoms with Crippen molar-refractivity contribution < 1.29 is 0 Å². The normalized spacial score (nSPS) is 10.7. The third-order valence-electron chi connectivity index (χ3n) is 3.19. The van der Waals surface area contributed by atoms with Crippen LogP contribution in [-0.2, 0) is 7.05 Å². The van der Waals surface area contributed by atoms with Gasteiger partial charge in [0, 0.05) is 17.1 Å². The summed E-state index contributed by atoms with van der Waals surface area (Å²) in [5.41, 5.74) is 3.70. The Morgan fingerprint density at radius 3 is 2.50 bits per heavy atom. The van der Waals surface area contributed by atoms with Crippen molar-refractivity contribution in [1.29, 1.82) is 0 Å². The minimum Gasteiger partial charge on any atom is -0.295 e. The number of hydrogen-bond acceptors (Lipinski definition) is 2. The first-order chi connectivity index (χ1) is 9.50. The highest BCUT2D eigenvalue weighted by Crippen LogP contribution is 2.25. The molecule has 0 N–H and O–H groups in total. The summed E-state index contributed by atoms with van der Waals surface area (Å²) < 4.78 is 4.36. The van der Waals surface area contributed by atoms with Crippen LogP contribution in [0.2, 0.25) is 0 Å². The van der Waals surface area contributed by atoms with E-state index in [1.807, 2.05) is 44.3 Å². The van der Waals surface area contributed by atoms with Crippen molar-refractivity contribution in [2.75, 3.05) is 0 Å². The quantitative estimate of drug-likeness (QED) is 0.629. The second-order valence-electron chi connectivity index (χ2n) is 4.57. The van der Waals surface area contributed by atoms with E-state index in [0.717, 1.165) is 26.8 Å². The van der Waals surface area contributed by atoms with Gasteiger partial charge in [-0.15, -0.1) is 0 Å². The maximum atomic E-state index is 12.4. The zero-order valence-corrected chi connectivity index (χ0v) is 13.9. The first kappa shape index (κ1) is 14.8. The fraction of sp³-hybridized carbons (Fsp3) is 0.333. The zero-order chi connectivity index (χ0) is 15.0. The highest BCUT2D eigenvalue weighted by atomic mass is 79.9. The smallest absolute Gasteiger partial charge is 0.261 e. The van der Waals surface area contributed by atoms with Gasteiger partial charge in [-0.1, -0.05) is 13.8 Å². The van der Waals surface area contributed by atoms with Crippen LogP contribution in [0.3, 0.4) is 0 Å². The van der Waals surface area contributed by atoms with E-state index in [0.29, 0.717) is 5.39 Å². The summed E-state index contributed by atoms with van der Waals surface area (Å²) in [4.78, 5) is 12.4. The Morgan fingerprint density at radius 2 is 1.85 bits per heavy atom. The molecule has 0 amide bonds. The van der Waals surface area contributed by atoms with Gasteiger partial charge < -0.3 is 0 Å². The molecule has 0 radical (unpaired) electrons. The third-order valence-corrected chi connectivity index (χ3v) is 3.80. The second-order valence-corrected chi connectivity index (χ2v) is 5.42. The van der Waals surface area contributed by atoms with Crippen LogP contribution in [0.1, 0.15) is 25.0 Å². The maximum absolute atomic E-state index is 12.4. The molecular weight excluding hydrogens is 318 g/mol. The van der Waals surface area contributed by atoms with E-state index < -0.39 is 0 Å². The van der Waals surface area contributed by atoms with Crippen LogP contribution in [0.5, 0.6) is 0 Å². The summed E-state index contributed by atoms with van der Waals surface area (Å²) in [5, 5.41) is 5.05. The van der Waals surface area contributed by atoms with Crippen molar-refractivity contribution in [3.63, 3.8) is 0 Å². The van der Waals surface area contributed by atoms with E-state index in [-0.39, 0.29) is 5.56 Å². The maximum Gasteiger partial charge on any atom is 0.261 e. The molecule has 20 heavy (non-hydrogen) atoms. The highest BCUT2D eigenvalue weighted by Gasteiger charge is 2.14. The molecule has 1 aromatic carbocycles. The summed E-state index contributed by atoms with van der Waals surface area (Å²) in [6.07, 6.45) is 1.78. The van der Waals surface area contributed by atoms with Crippen molar-refractivity contribution in [3.05, 3.63) is 44.3 Å². The first-order valence-electron chi connectivity index (χ1n) is 6.64. The van der Waals surface area contributed by atoms with Gasteiger partial charge in [-0.05, 0) is 47.5 Å². The Balaban J connectivity index is 0.000000704. The van der Waals surface area contributed by atoms with Crippen LogP contribution in [0.15, 0.2) is 27.6 Å². The summed E-state index contributed by atoms with van der Waals surface area (Å²) in [5.74, 6) is 0. The Labute approximate surface area is 126 Å². The lowest BCUT2D eigenvalue weighted by molar-refractivity contribution is 0.846. The van der Waals surface area contributed by atoms with Gasteiger partial charge in [-0.2, -0.15) is 5.10 Å². The van der Waals surface area contributed by atoms with Crippen LogP contribution in [0, 0.1) is 13.8 Å². The summed E-state index contributed by atoms with van der Waals surface area (Å²) in [6, 6.07) is 3.90. The molecule has 0 atom stereocenters. The number of aryl methyl sites for hydroxylation is 3. The number of fused-ring (bicyclic) bond motifs is 3. The van der Waals surface area contributed by atoms with Crippen LogP contribution in [0.25, 0.3) is 16.6 Å². The molecule has 0 saturated heterocycles. The number of halogens is 1. The summed E-state index contributed by atoms with van der Waals surface area (Å²) >= 11 is 3.53. The number of nitrogens with zero attached hydrogens (tertiary/aromatic N) is 3. The van der Waals surface area contributed by atoms with Crippen molar-refractivity contribution >= 4 is 32.5 Å². The van der Waals surface area contributed by atoms with Gasteiger partial charge in [0.15, 0.2) is 0 Å². The predicted octanol–water partition coefficient (Wildman–Crippen LogP) is 3.59. The molecule has 2 heterocycles. The summed E-state index contributed by atoms with van der Waals surface area (Å²) in [7, 11) is 1.78. The van der Waals surface area contributed by atoms with E-state index >= 15 is 0 Å². The fourth-order valence-corrected chi connectivity index (χ4v) is 3.13. The summed E-state index contributed by atoms with van der Waals surface area (Å²) in [6.45, 7) is 7.93. The molecular formula is C15H18BrN3O. The topological polar surface area (TPSA) is 39.3 Å². The largest absolute Gasteiger partial charge is 0.295 e. The van der Waals surface area contributed by atoms with Gasteiger partial charge in [-0.25, -0.2) is 4.52 Å². The van der Waals surface area contributed by atoms with E-state index in [4.69, 9.17) is 0 Å². The standard InChI is InChI=1S/C13H12BrN3O.C2H6/c1-7-4-9-11(10(14)5-7)17-12(8(2)6-15-17)16(3)13(9)18;1-2/h4-6H,1-3H3;1-2H3. The molecule has 0 aliphatic rings. The van der Waals surface area contributed by atoms with Gasteiger partial charge in [-0.3, -0.25) is 9.36 Å². The molecule has 3 aromatic rings. The van der Waals surface area contributed by atoms with Crippen molar-refractivity contribution in [2.24, 2.45) is 7.05 Å². The molecule has 2 aromatic heterocycles. The van der Waals surface area contributed by atoms with Gasteiger partial charge in [0.1, 0.15) is 5.65 Å². The van der Waals surface area contributed by atoms with Crippen LogP contribution < -0.4 is 5.56 Å². The minimum atomic E-state index is 0.00509. The number of benzene rings is 1. The van der Waals surface area contributed by atoms with Crippen LogP contribution in [-0.4, -0.2) is 14.2 Å². The minimum absolute atomic E-state index is 0.00509. The van der Waals surface area contributed by atoms with Gasteiger partial charge in [0.25, 0.3) is 5.56 Å². The van der Waals surface area contributed by atoms with E-state index in [9.17, 15) is 4.79 Å². The van der Waals surface area contributed by atoms with Gasteiger partial charge in [0.2, 0.25) is 0 Å². The fourth-order valence-electron chi connectivity index (χ4n) is 2.38. The molecule has 0 unspecified atom stereocenters. The van der Waals surface area contributed by atoms with E-state index in [2.05, 4.69) is 21.0 Å². The Hall–Kier alpha value is -1.62. The molecule has 3 rings (SSSR count). The Morgan fingerprint density at radius 1 is 1.20 bits per heavy atom. The molecule has 0 aliphatic heterocycles. The molecule has 0 aliphatic carbocycles. The molecule has 4 nitrogen and oxygen atoms in total. The van der Waals surface area contributed by atoms with Crippen molar-refractivity contribution in [3.8, 4) is 0 Å². The monoisotopic (exact) mass is 335 g/mol. The second kappa shape index (κ2) is 5.40. The lowest BCUT2D eigenvalue weighted by Gasteiger charge is -2.09. The van der Waals surface area contributed by atoms with Crippen LogP contribution in [0.4, 0.5) is 0 Å². The number of rotatable bonds is 0. The number of hydrogen-bond donors (Lipinski definition) is 0. The van der Waals surface area contributed by atoms with E-state index in [1.165, 1.54) is 0 Å². The van der Waals surface area contributed by atoms with Gasteiger partial charge >= 0.3 is 0 Å². The van der Waals surface area contributed by atoms with E-state index in [1.54, 1.807) is 17.8 Å². The first-order valence-corrected chi connectivity index (χ1v) is 7.43. The highest BCUT2D eigenvalue weighted by molar-refractivity contribution is 9.10. The van der Waals surface area contributed by atoms with Crippen molar-refractivity contribution in [2.45, 2.75) is 27.7 Å². The molecule has 0 bridgehead atoms.